The average molecular weight is 268 g/mol. The van der Waals surface area contributed by atoms with Gasteiger partial charge in [-0.05, 0) is 39.3 Å². The van der Waals surface area contributed by atoms with E-state index < -0.39 is 0 Å². The predicted molar refractivity (Wildman–Crippen MR) is 80.6 cm³/mol. The second kappa shape index (κ2) is 8.23. The van der Waals surface area contributed by atoms with Gasteiger partial charge in [-0.15, -0.1) is 0 Å². The Bertz CT molecular complexity index is 241. The molecule has 3 unspecified atom stereocenters. The van der Waals surface area contributed by atoms with Crippen LogP contribution in [-0.4, -0.2) is 49.8 Å². The Labute approximate surface area is 119 Å². The van der Waals surface area contributed by atoms with Crippen molar-refractivity contribution in [1.82, 2.24) is 10.2 Å². The molecule has 3 heteroatoms. The summed E-state index contributed by atoms with van der Waals surface area (Å²) in [4.78, 5) is 2.58. The minimum absolute atomic E-state index is 0.484. The molecular formula is C16H32N2O. The molecule has 0 aromatic carbocycles. The van der Waals surface area contributed by atoms with Gasteiger partial charge in [-0.25, -0.2) is 0 Å². The van der Waals surface area contributed by atoms with Crippen molar-refractivity contribution in [3.05, 3.63) is 0 Å². The number of rotatable bonds is 5. The summed E-state index contributed by atoms with van der Waals surface area (Å²) in [6.45, 7) is 5.41. The zero-order valence-corrected chi connectivity index (χ0v) is 12.9. The van der Waals surface area contributed by atoms with Crippen LogP contribution in [0.5, 0.6) is 0 Å². The van der Waals surface area contributed by atoms with Gasteiger partial charge in [0.15, 0.2) is 0 Å². The van der Waals surface area contributed by atoms with E-state index in [1.807, 2.05) is 0 Å². The molecule has 0 amide bonds. The van der Waals surface area contributed by atoms with Crippen LogP contribution in [0.2, 0.25) is 0 Å². The minimum Gasteiger partial charge on any atom is -0.377 e. The molecule has 0 aromatic heterocycles. The summed E-state index contributed by atoms with van der Waals surface area (Å²) in [5.74, 6) is 0. The molecule has 0 aromatic rings. The highest BCUT2D eigenvalue weighted by Crippen LogP contribution is 2.23. The molecule has 1 saturated heterocycles. The van der Waals surface area contributed by atoms with Crippen molar-refractivity contribution in [3.8, 4) is 0 Å². The topological polar surface area (TPSA) is 24.5 Å². The predicted octanol–water partition coefficient (Wildman–Crippen LogP) is 2.80. The van der Waals surface area contributed by atoms with E-state index in [9.17, 15) is 0 Å². The number of nitrogens with zero attached hydrogens (tertiary/aromatic N) is 1. The lowest BCUT2D eigenvalue weighted by atomic mass is 9.91. The highest BCUT2D eigenvalue weighted by molar-refractivity contribution is 4.86. The summed E-state index contributed by atoms with van der Waals surface area (Å²) >= 11 is 0. The van der Waals surface area contributed by atoms with Gasteiger partial charge in [0, 0.05) is 25.2 Å². The van der Waals surface area contributed by atoms with Gasteiger partial charge in [0.2, 0.25) is 0 Å². The Morgan fingerprint density at radius 3 is 2.53 bits per heavy atom. The highest BCUT2D eigenvalue weighted by atomic mass is 16.5. The molecule has 1 heterocycles. The highest BCUT2D eigenvalue weighted by Gasteiger charge is 2.28. The van der Waals surface area contributed by atoms with E-state index in [0.717, 1.165) is 19.7 Å². The quantitative estimate of drug-likeness (QED) is 0.830. The molecule has 0 spiro atoms. The summed E-state index contributed by atoms with van der Waals surface area (Å²) in [7, 11) is 2.30. The maximum absolute atomic E-state index is 5.80. The van der Waals surface area contributed by atoms with Crippen molar-refractivity contribution in [3.63, 3.8) is 0 Å². The molecule has 19 heavy (non-hydrogen) atoms. The maximum Gasteiger partial charge on any atom is 0.0702 e. The molecule has 0 bridgehead atoms. The average Bonchev–Trinajstić information content (AvgIpc) is 2.85. The van der Waals surface area contributed by atoms with Crippen LogP contribution in [0.3, 0.4) is 0 Å². The van der Waals surface area contributed by atoms with Crippen LogP contribution in [0.25, 0.3) is 0 Å². The molecule has 1 saturated carbocycles. The molecule has 2 fully saturated rings. The largest absolute Gasteiger partial charge is 0.377 e. The molecule has 0 radical (unpaired) electrons. The Hall–Kier alpha value is -0.120. The zero-order valence-electron chi connectivity index (χ0n) is 12.9. The second-order valence-electron chi connectivity index (χ2n) is 6.30. The van der Waals surface area contributed by atoms with Gasteiger partial charge in [-0.2, -0.15) is 0 Å². The van der Waals surface area contributed by atoms with Crippen molar-refractivity contribution < 1.29 is 4.74 Å². The van der Waals surface area contributed by atoms with Gasteiger partial charge < -0.3 is 10.1 Å². The third-order valence-electron chi connectivity index (χ3n) is 4.78. The van der Waals surface area contributed by atoms with Gasteiger partial charge in [-0.3, -0.25) is 4.90 Å². The number of hydrogen-bond donors (Lipinski definition) is 1. The Morgan fingerprint density at radius 2 is 1.84 bits per heavy atom. The normalized spacial score (nSPS) is 33.3. The first kappa shape index (κ1) is 15.3. The van der Waals surface area contributed by atoms with Crippen LogP contribution < -0.4 is 5.32 Å². The van der Waals surface area contributed by atoms with Crippen LogP contribution in [0.4, 0.5) is 0 Å². The SMILES string of the molecule is CCNC1CCCCCCC1N(C)CC1CCCO1. The van der Waals surface area contributed by atoms with E-state index in [-0.39, 0.29) is 0 Å². The number of likely N-dealkylation sites (N-methyl/N-ethyl adjacent to an activating group) is 2. The maximum atomic E-state index is 5.80. The van der Waals surface area contributed by atoms with E-state index >= 15 is 0 Å². The Morgan fingerprint density at radius 1 is 1.05 bits per heavy atom. The minimum atomic E-state index is 0.484. The van der Waals surface area contributed by atoms with Crippen molar-refractivity contribution in [1.29, 1.82) is 0 Å². The lowest BCUT2D eigenvalue weighted by Gasteiger charge is -2.37. The summed E-state index contributed by atoms with van der Waals surface area (Å²) in [6, 6.07) is 1.38. The molecule has 2 aliphatic rings. The van der Waals surface area contributed by atoms with Crippen molar-refractivity contribution in [2.45, 2.75) is 76.5 Å². The second-order valence-corrected chi connectivity index (χ2v) is 6.30. The van der Waals surface area contributed by atoms with E-state index in [0.29, 0.717) is 18.2 Å². The Balaban J connectivity index is 1.89. The molecule has 3 nitrogen and oxygen atoms in total. The number of hydrogen-bond acceptors (Lipinski definition) is 3. The fourth-order valence-electron chi connectivity index (χ4n) is 3.74. The van der Waals surface area contributed by atoms with Crippen molar-refractivity contribution >= 4 is 0 Å². The lowest BCUT2D eigenvalue weighted by molar-refractivity contribution is 0.0558. The van der Waals surface area contributed by atoms with Crippen LogP contribution in [0.1, 0.15) is 58.3 Å². The van der Waals surface area contributed by atoms with E-state index in [1.165, 1.54) is 51.4 Å². The monoisotopic (exact) mass is 268 g/mol. The van der Waals surface area contributed by atoms with Crippen LogP contribution in [0.15, 0.2) is 0 Å². The molecule has 112 valence electrons. The Kier molecular flexibility index (Phi) is 6.62. The lowest BCUT2D eigenvalue weighted by Crippen LogP contribution is -2.50. The van der Waals surface area contributed by atoms with Crippen molar-refractivity contribution in [2.24, 2.45) is 0 Å². The van der Waals surface area contributed by atoms with Gasteiger partial charge >= 0.3 is 0 Å². The zero-order chi connectivity index (χ0) is 13.5. The molecule has 1 aliphatic carbocycles. The van der Waals surface area contributed by atoms with E-state index in [2.05, 4.69) is 24.2 Å². The first-order valence-corrected chi connectivity index (χ1v) is 8.36. The first-order valence-electron chi connectivity index (χ1n) is 8.36. The third kappa shape index (κ3) is 4.73. The van der Waals surface area contributed by atoms with Crippen LogP contribution >= 0.6 is 0 Å². The summed E-state index contributed by atoms with van der Waals surface area (Å²) in [5.41, 5.74) is 0. The molecular weight excluding hydrogens is 236 g/mol. The van der Waals surface area contributed by atoms with E-state index in [4.69, 9.17) is 4.74 Å². The molecule has 3 atom stereocenters. The summed E-state index contributed by atoms with van der Waals surface area (Å²) < 4.78 is 5.80. The smallest absolute Gasteiger partial charge is 0.0702 e. The fourth-order valence-corrected chi connectivity index (χ4v) is 3.74. The fraction of sp³-hybridized carbons (Fsp3) is 1.00. The molecule has 1 aliphatic heterocycles. The standard InChI is InChI=1S/C16H32N2O/c1-3-17-15-10-6-4-5-7-11-16(15)18(2)13-14-9-8-12-19-14/h14-17H,3-13H2,1-2H3. The van der Waals surface area contributed by atoms with Gasteiger partial charge in [0.25, 0.3) is 0 Å². The van der Waals surface area contributed by atoms with E-state index in [1.54, 1.807) is 0 Å². The van der Waals surface area contributed by atoms with Crippen LogP contribution in [-0.2, 0) is 4.74 Å². The summed E-state index contributed by atoms with van der Waals surface area (Å²) in [6.07, 6.45) is 11.3. The van der Waals surface area contributed by atoms with Gasteiger partial charge in [-0.1, -0.05) is 32.6 Å². The summed E-state index contributed by atoms with van der Waals surface area (Å²) in [5, 5.41) is 3.73. The molecule has 2 rings (SSSR count). The van der Waals surface area contributed by atoms with Gasteiger partial charge in [0.1, 0.15) is 0 Å². The number of nitrogens with one attached hydrogen (secondary N) is 1. The van der Waals surface area contributed by atoms with Gasteiger partial charge in [0.05, 0.1) is 6.10 Å². The first-order chi connectivity index (χ1) is 9.31. The van der Waals surface area contributed by atoms with Crippen molar-refractivity contribution in [2.75, 3.05) is 26.7 Å². The van der Waals surface area contributed by atoms with Crippen LogP contribution in [0, 0.1) is 0 Å². The number of ether oxygens (including phenoxy) is 1. The third-order valence-corrected chi connectivity index (χ3v) is 4.78. The molecule has 1 N–H and O–H groups in total.